The minimum Gasteiger partial charge on any atom is -0.409 e. The lowest BCUT2D eigenvalue weighted by atomic mass is 10.2. The third-order valence-corrected chi connectivity index (χ3v) is 1.81. The number of amidine groups is 1. The van der Waals surface area contributed by atoms with Crippen molar-refractivity contribution in [3.8, 4) is 0 Å². The van der Waals surface area contributed by atoms with Crippen molar-refractivity contribution in [3.05, 3.63) is 24.0 Å². The van der Waals surface area contributed by atoms with Crippen molar-refractivity contribution in [2.24, 2.45) is 10.9 Å². The Morgan fingerprint density at radius 2 is 2.36 bits per heavy atom. The predicted octanol–water partition coefficient (Wildman–Crippen LogP) is 0.436. The van der Waals surface area contributed by atoms with Crippen molar-refractivity contribution in [2.75, 3.05) is 19.0 Å². The van der Waals surface area contributed by atoms with Crippen molar-refractivity contribution in [1.29, 1.82) is 0 Å². The minimum absolute atomic E-state index is 0.161. The molecule has 0 amide bonds. The van der Waals surface area contributed by atoms with E-state index in [1.807, 2.05) is 31.1 Å². The van der Waals surface area contributed by atoms with Crippen LogP contribution >= 0.6 is 0 Å². The van der Waals surface area contributed by atoms with Crippen molar-refractivity contribution >= 4 is 11.5 Å². The van der Waals surface area contributed by atoms with E-state index in [1.54, 1.807) is 6.20 Å². The van der Waals surface area contributed by atoms with Crippen LogP contribution in [0.25, 0.3) is 0 Å². The van der Waals surface area contributed by atoms with E-state index in [0.717, 1.165) is 11.4 Å². The largest absolute Gasteiger partial charge is 0.409 e. The van der Waals surface area contributed by atoms with E-state index in [9.17, 15) is 0 Å². The van der Waals surface area contributed by atoms with Crippen molar-refractivity contribution in [2.45, 2.75) is 6.42 Å². The van der Waals surface area contributed by atoms with E-state index < -0.39 is 0 Å². The second-order valence-corrected chi connectivity index (χ2v) is 3.17. The highest BCUT2D eigenvalue weighted by atomic mass is 16.4. The second-order valence-electron chi connectivity index (χ2n) is 3.17. The number of rotatable bonds is 3. The van der Waals surface area contributed by atoms with Gasteiger partial charge in [-0.15, -0.1) is 0 Å². The van der Waals surface area contributed by atoms with Gasteiger partial charge in [0.05, 0.1) is 6.42 Å². The Bertz CT molecular complexity index is 335. The Hall–Kier alpha value is -1.78. The number of hydrogen-bond donors (Lipinski definition) is 2. The summed E-state index contributed by atoms with van der Waals surface area (Å²) in [6.45, 7) is 0. The molecule has 0 radical (unpaired) electrons. The smallest absolute Gasteiger partial charge is 0.145 e. The third-order valence-electron chi connectivity index (χ3n) is 1.81. The Kier molecular flexibility index (Phi) is 3.28. The van der Waals surface area contributed by atoms with E-state index in [1.165, 1.54) is 0 Å². The highest BCUT2D eigenvalue weighted by Crippen LogP contribution is 2.11. The van der Waals surface area contributed by atoms with Crippen LogP contribution in [-0.4, -0.2) is 30.1 Å². The molecule has 0 bridgehead atoms. The maximum absolute atomic E-state index is 8.40. The number of hydrogen-bond acceptors (Lipinski definition) is 4. The molecule has 5 heteroatoms. The molecule has 0 aliphatic rings. The van der Waals surface area contributed by atoms with Crippen LogP contribution in [0.5, 0.6) is 0 Å². The number of pyridine rings is 1. The fraction of sp³-hybridized carbons (Fsp3) is 0.333. The molecule has 76 valence electrons. The van der Waals surface area contributed by atoms with E-state index in [-0.39, 0.29) is 5.84 Å². The Morgan fingerprint density at radius 1 is 1.64 bits per heavy atom. The quantitative estimate of drug-likeness (QED) is 0.317. The van der Waals surface area contributed by atoms with E-state index in [2.05, 4.69) is 10.1 Å². The molecule has 0 aliphatic heterocycles. The molecule has 1 heterocycles. The van der Waals surface area contributed by atoms with E-state index in [4.69, 9.17) is 10.9 Å². The molecule has 0 saturated heterocycles. The monoisotopic (exact) mass is 194 g/mol. The summed E-state index contributed by atoms with van der Waals surface area (Å²) in [5.74, 6) is 0.161. The first kappa shape index (κ1) is 10.3. The van der Waals surface area contributed by atoms with Crippen LogP contribution in [-0.2, 0) is 6.42 Å². The lowest BCUT2D eigenvalue weighted by Gasteiger charge is -2.12. The van der Waals surface area contributed by atoms with Crippen molar-refractivity contribution in [1.82, 2.24) is 4.98 Å². The number of anilines is 1. The molecule has 0 spiro atoms. The lowest BCUT2D eigenvalue weighted by molar-refractivity contribution is 0.317. The SMILES string of the molecule is CN(C)c1ccnc(C/C(N)=N/O)c1. The van der Waals surface area contributed by atoms with E-state index in [0.29, 0.717) is 6.42 Å². The minimum atomic E-state index is 0.161. The maximum atomic E-state index is 8.40. The molecule has 1 rings (SSSR count). The molecule has 0 aromatic carbocycles. The molecule has 14 heavy (non-hydrogen) atoms. The fourth-order valence-electron chi connectivity index (χ4n) is 1.06. The van der Waals surface area contributed by atoms with Crippen LogP contribution in [0, 0.1) is 0 Å². The second kappa shape index (κ2) is 4.45. The first-order chi connectivity index (χ1) is 6.63. The molecule has 5 nitrogen and oxygen atoms in total. The molecule has 0 unspecified atom stereocenters. The lowest BCUT2D eigenvalue weighted by Crippen LogP contribution is -2.16. The van der Waals surface area contributed by atoms with Crippen LogP contribution in [0.15, 0.2) is 23.5 Å². The fourth-order valence-corrected chi connectivity index (χ4v) is 1.06. The summed E-state index contributed by atoms with van der Waals surface area (Å²) < 4.78 is 0. The number of oxime groups is 1. The Balaban J connectivity index is 2.84. The number of nitrogens with two attached hydrogens (primary N) is 1. The topological polar surface area (TPSA) is 74.7 Å². The molecule has 3 N–H and O–H groups in total. The van der Waals surface area contributed by atoms with Gasteiger partial charge >= 0.3 is 0 Å². The van der Waals surface area contributed by atoms with Gasteiger partial charge in [0.1, 0.15) is 5.84 Å². The van der Waals surface area contributed by atoms with Gasteiger partial charge in [-0.3, -0.25) is 4.98 Å². The molecule has 1 aromatic heterocycles. The summed E-state index contributed by atoms with van der Waals surface area (Å²) in [6, 6.07) is 3.80. The van der Waals surface area contributed by atoms with Crippen LogP contribution in [0.1, 0.15) is 5.69 Å². The van der Waals surface area contributed by atoms with Gasteiger partial charge < -0.3 is 15.8 Å². The first-order valence-corrected chi connectivity index (χ1v) is 4.22. The van der Waals surface area contributed by atoms with Crippen LogP contribution < -0.4 is 10.6 Å². The van der Waals surface area contributed by atoms with Crippen LogP contribution in [0.4, 0.5) is 5.69 Å². The molecule has 0 fully saturated rings. The summed E-state index contributed by atoms with van der Waals surface area (Å²) in [4.78, 5) is 6.08. The number of aromatic nitrogens is 1. The maximum Gasteiger partial charge on any atom is 0.145 e. The average Bonchev–Trinajstić information content (AvgIpc) is 2.18. The summed E-state index contributed by atoms with van der Waals surface area (Å²) in [5.41, 5.74) is 7.20. The Labute approximate surface area is 82.9 Å². The van der Waals surface area contributed by atoms with Gasteiger partial charge in [-0.25, -0.2) is 0 Å². The predicted molar refractivity (Wildman–Crippen MR) is 55.7 cm³/mol. The molecular weight excluding hydrogens is 180 g/mol. The summed E-state index contributed by atoms with van der Waals surface area (Å²) in [5, 5.41) is 11.3. The van der Waals surface area contributed by atoms with Crippen molar-refractivity contribution in [3.63, 3.8) is 0 Å². The zero-order valence-corrected chi connectivity index (χ0v) is 8.31. The highest BCUT2D eigenvalue weighted by molar-refractivity contribution is 5.81. The first-order valence-electron chi connectivity index (χ1n) is 4.22. The summed E-state index contributed by atoms with van der Waals surface area (Å²) >= 11 is 0. The summed E-state index contributed by atoms with van der Waals surface area (Å²) in [7, 11) is 3.89. The molecule has 0 saturated carbocycles. The molecule has 0 atom stereocenters. The molecular formula is C9H14N4O. The van der Waals surface area contributed by atoms with Crippen molar-refractivity contribution < 1.29 is 5.21 Å². The van der Waals surface area contributed by atoms with Gasteiger partial charge in [0.15, 0.2) is 0 Å². The van der Waals surface area contributed by atoms with Crippen LogP contribution in [0.2, 0.25) is 0 Å². The van der Waals surface area contributed by atoms with Gasteiger partial charge in [-0.05, 0) is 12.1 Å². The average molecular weight is 194 g/mol. The van der Waals surface area contributed by atoms with Gasteiger partial charge in [-0.2, -0.15) is 0 Å². The zero-order chi connectivity index (χ0) is 10.6. The standard InChI is InChI=1S/C9H14N4O/c1-13(2)8-3-4-11-7(5-8)6-9(10)12-14/h3-5,14H,6H2,1-2H3,(H2,10,12). The zero-order valence-electron chi connectivity index (χ0n) is 8.31. The summed E-state index contributed by atoms with van der Waals surface area (Å²) in [6.07, 6.45) is 2.06. The van der Waals surface area contributed by atoms with Crippen LogP contribution in [0.3, 0.4) is 0 Å². The van der Waals surface area contributed by atoms with Gasteiger partial charge in [0, 0.05) is 31.7 Å². The van der Waals surface area contributed by atoms with Gasteiger partial charge in [0.2, 0.25) is 0 Å². The normalized spacial score (nSPS) is 11.4. The molecule has 0 aliphatic carbocycles. The van der Waals surface area contributed by atoms with E-state index >= 15 is 0 Å². The Morgan fingerprint density at radius 3 is 2.93 bits per heavy atom. The number of nitrogens with zero attached hydrogens (tertiary/aromatic N) is 3. The molecule has 1 aromatic rings. The van der Waals surface area contributed by atoms with Gasteiger partial charge in [0.25, 0.3) is 0 Å². The third kappa shape index (κ3) is 2.62. The van der Waals surface area contributed by atoms with Gasteiger partial charge in [-0.1, -0.05) is 5.16 Å². The highest BCUT2D eigenvalue weighted by Gasteiger charge is 2.01.